The number of aromatic nitrogens is 3. The second kappa shape index (κ2) is 6.81. The van der Waals surface area contributed by atoms with Gasteiger partial charge in [-0.15, -0.1) is 0 Å². The molecule has 0 N–H and O–H groups in total. The Hall–Kier alpha value is -1.45. The van der Waals surface area contributed by atoms with Gasteiger partial charge in [-0.25, -0.2) is 18.4 Å². The Balaban J connectivity index is 1.71. The number of ether oxygens (including phenoxy) is 1. The van der Waals surface area contributed by atoms with E-state index in [1.54, 1.807) is 29.4 Å². The second-order valence-corrected chi connectivity index (χ2v) is 8.67. The highest BCUT2D eigenvalue weighted by atomic mass is 79.9. The van der Waals surface area contributed by atoms with Gasteiger partial charge in [0.15, 0.2) is 5.03 Å². The monoisotopic (exact) mass is 414 g/mol. The van der Waals surface area contributed by atoms with Crippen molar-refractivity contribution in [3.8, 4) is 5.88 Å². The van der Waals surface area contributed by atoms with Crippen molar-refractivity contribution in [3.05, 3.63) is 35.3 Å². The Morgan fingerprint density at radius 1 is 1.38 bits per heavy atom. The first-order valence-electron chi connectivity index (χ1n) is 7.68. The van der Waals surface area contributed by atoms with Crippen LogP contribution < -0.4 is 4.74 Å². The number of imidazole rings is 1. The summed E-state index contributed by atoms with van der Waals surface area (Å²) in [5, 5.41) is 0.0795. The Kier molecular flexibility index (Phi) is 4.93. The van der Waals surface area contributed by atoms with Crippen LogP contribution in [0.3, 0.4) is 0 Å². The molecule has 130 valence electrons. The summed E-state index contributed by atoms with van der Waals surface area (Å²) in [5.41, 5.74) is 0. The molecule has 3 heterocycles. The number of rotatable bonds is 5. The summed E-state index contributed by atoms with van der Waals surface area (Å²) < 4.78 is 35.2. The van der Waals surface area contributed by atoms with Crippen LogP contribution in [0.5, 0.6) is 5.88 Å². The molecule has 0 aromatic carbocycles. The SMILES string of the molecule is CC(C)n1cnc(S(=O)(=O)N2CCC(Oc3ncccc3Br)C2)c1. The van der Waals surface area contributed by atoms with Crippen LogP contribution in [-0.2, 0) is 10.0 Å². The fourth-order valence-corrected chi connectivity index (χ4v) is 4.25. The van der Waals surface area contributed by atoms with E-state index >= 15 is 0 Å². The summed E-state index contributed by atoms with van der Waals surface area (Å²) in [5.74, 6) is 0.478. The Morgan fingerprint density at radius 3 is 2.83 bits per heavy atom. The van der Waals surface area contributed by atoms with Crippen LogP contribution in [0.15, 0.2) is 40.4 Å². The third kappa shape index (κ3) is 3.47. The van der Waals surface area contributed by atoms with E-state index in [0.717, 1.165) is 4.47 Å². The molecule has 2 aromatic rings. The zero-order chi connectivity index (χ0) is 17.3. The summed E-state index contributed by atoms with van der Waals surface area (Å²) in [4.78, 5) is 8.21. The van der Waals surface area contributed by atoms with Gasteiger partial charge in [-0.3, -0.25) is 0 Å². The zero-order valence-electron chi connectivity index (χ0n) is 13.5. The summed E-state index contributed by atoms with van der Waals surface area (Å²) in [7, 11) is -3.60. The number of hydrogen-bond donors (Lipinski definition) is 0. The lowest BCUT2D eigenvalue weighted by Crippen LogP contribution is -2.31. The van der Waals surface area contributed by atoms with E-state index in [1.807, 2.05) is 19.9 Å². The van der Waals surface area contributed by atoms with Gasteiger partial charge in [0.05, 0.1) is 17.3 Å². The summed E-state index contributed by atoms with van der Waals surface area (Å²) >= 11 is 3.38. The van der Waals surface area contributed by atoms with E-state index in [1.165, 1.54) is 4.31 Å². The maximum Gasteiger partial charge on any atom is 0.262 e. The molecule has 0 spiro atoms. The lowest BCUT2D eigenvalue weighted by atomic mass is 10.3. The van der Waals surface area contributed by atoms with Crippen LogP contribution in [0.4, 0.5) is 0 Å². The van der Waals surface area contributed by atoms with E-state index in [0.29, 0.717) is 25.4 Å². The minimum atomic E-state index is -3.60. The van der Waals surface area contributed by atoms with Gasteiger partial charge in [0.2, 0.25) is 5.88 Å². The van der Waals surface area contributed by atoms with Crippen molar-refractivity contribution in [3.63, 3.8) is 0 Å². The average Bonchev–Trinajstić information content (AvgIpc) is 3.19. The van der Waals surface area contributed by atoms with Gasteiger partial charge in [-0.2, -0.15) is 4.31 Å². The normalized spacial score (nSPS) is 19.1. The van der Waals surface area contributed by atoms with Crippen LogP contribution in [0.25, 0.3) is 0 Å². The predicted octanol–water partition coefficient (Wildman–Crippen LogP) is 2.46. The molecule has 24 heavy (non-hydrogen) atoms. The zero-order valence-corrected chi connectivity index (χ0v) is 15.9. The lowest BCUT2D eigenvalue weighted by molar-refractivity contribution is 0.205. The van der Waals surface area contributed by atoms with Gasteiger partial charge in [-0.1, -0.05) is 0 Å². The first-order chi connectivity index (χ1) is 11.4. The van der Waals surface area contributed by atoms with E-state index in [4.69, 9.17) is 4.74 Å². The van der Waals surface area contributed by atoms with Crippen LogP contribution in [0.1, 0.15) is 26.3 Å². The van der Waals surface area contributed by atoms with Gasteiger partial charge in [0.25, 0.3) is 10.0 Å². The molecule has 1 fully saturated rings. The molecule has 0 aliphatic carbocycles. The molecule has 1 atom stereocenters. The lowest BCUT2D eigenvalue weighted by Gasteiger charge is -2.16. The van der Waals surface area contributed by atoms with E-state index in [-0.39, 0.29) is 17.2 Å². The molecule has 1 aliphatic heterocycles. The van der Waals surface area contributed by atoms with E-state index in [9.17, 15) is 8.42 Å². The molecule has 9 heteroatoms. The van der Waals surface area contributed by atoms with Gasteiger partial charge >= 0.3 is 0 Å². The van der Waals surface area contributed by atoms with Crippen LogP contribution in [-0.4, -0.2) is 46.5 Å². The van der Waals surface area contributed by atoms with Gasteiger partial charge in [-0.05, 0) is 48.3 Å². The van der Waals surface area contributed by atoms with Crippen LogP contribution in [0, 0.1) is 0 Å². The van der Waals surface area contributed by atoms with Crippen molar-refractivity contribution >= 4 is 26.0 Å². The molecule has 0 radical (unpaired) electrons. The quantitative estimate of drug-likeness (QED) is 0.750. The minimum absolute atomic E-state index is 0.0795. The third-order valence-electron chi connectivity index (χ3n) is 3.89. The fourth-order valence-electron chi connectivity index (χ4n) is 2.49. The standard InChI is InChI=1S/C15H19BrN4O3S/c1-11(2)19-9-14(18-10-19)24(21,22)20-7-5-12(8-20)23-15-13(16)4-3-6-17-15/h3-4,6,9-12H,5,7-8H2,1-2H3. The smallest absolute Gasteiger partial charge is 0.262 e. The van der Waals surface area contributed by atoms with Crippen molar-refractivity contribution < 1.29 is 13.2 Å². The predicted molar refractivity (Wildman–Crippen MR) is 92.3 cm³/mol. The molecule has 0 amide bonds. The average molecular weight is 415 g/mol. The topological polar surface area (TPSA) is 77.3 Å². The van der Waals surface area contributed by atoms with Crippen LogP contribution >= 0.6 is 15.9 Å². The molecule has 1 unspecified atom stereocenters. The molecule has 0 saturated carbocycles. The molecule has 1 saturated heterocycles. The largest absolute Gasteiger partial charge is 0.472 e. The first-order valence-corrected chi connectivity index (χ1v) is 9.92. The number of sulfonamides is 1. The fraction of sp³-hybridized carbons (Fsp3) is 0.467. The highest BCUT2D eigenvalue weighted by Gasteiger charge is 2.35. The van der Waals surface area contributed by atoms with Gasteiger partial charge < -0.3 is 9.30 Å². The van der Waals surface area contributed by atoms with Gasteiger partial charge in [0.1, 0.15) is 6.10 Å². The Morgan fingerprint density at radius 2 is 2.17 bits per heavy atom. The van der Waals surface area contributed by atoms with Gasteiger partial charge in [0, 0.05) is 25.0 Å². The number of halogens is 1. The third-order valence-corrected chi connectivity index (χ3v) is 6.24. The molecule has 3 rings (SSSR count). The van der Waals surface area contributed by atoms with Crippen LogP contribution in [0.2, 0.25) is 0 Å². The molecule has 2 aromatic heterocycles. The second-order valence-electron chi connectivity index (χ2n) is 5.93. The molecule has 0 bridgehead atoms. The molecular formula is C15H19BrN4O3S. The highest BCUT2D eigenvalue weighted by Crippen LogP contribution is 2.26. The summed E-state index contributed by atoms with van der Waals surface area (Å²) in [6.07, 6.45) is 5.16. The number of nitrogens with zero attached hydrogens (tertiary/aromatic N) is 4. The van der Waals surface area contributed by atoms with E-state index < -0.39 is 10.0 Å². The van der Waals surface area contributed by atoms with Crippen molar-refractivity contribution in [1.29, 1.82) is 0 Å². The minimum Gasteiger partial charge on any atom is -0.472 e. The van der Waals surface area contributed by atoms with Crippen molar-refractivity contribution in [1.82, 2.24) is 18.8 Å². The maximum atomic E-state index is 12.7. The molecule has 1 aliphatic rings. The number of hydrogen-bond acceptors (Lipinski definition) is 5. The molecular weight excluding hydrogens is 396 g/mol. The maximum absolute atomic E-state index is 12.7. The molecule has 7 nitrogen and oxygen atoms in total. The number of pyridine rings is 1. The Bertz CT molecular complexity index is 822. The highest BCUT2D eigenvalue weighted by molar-refractivity contribution is 9.10. The van der Waals surface area contributed by atoms with Crippen molar-refractivity contribution in [2.45, 2.75) is 37.4 Å². The van der Waals surface area contributed by atoms with E-state index in [2.05, 4.69) is 25.9 Å². The summed E-state index contributed by atoms with van der Waals surface area (Å²) in [6.45, 7) is 4.65. The first kappa shape index (κ1) is 17.4. The Labute approximate surface area is 149 Å². The summed E-state index contributed by atoms with van der Waals surface area (Å²) in [6, 6.07) is 3.80. The van der Waals surface area contributed by atoms with Crippen molar-refractivity contribution in [2.24, 2.45) is 0 Å². The van der Waals surface area contributed by atoms with Crippen molar-refractivity contribution in [2.75, 3.05) is 13.1 Å².